The molecule has 1 aromatic rings. The number of hydrogen-bond acceptors (Lipinski definition) is 3. The van der Waals surface area contributed by atoms with Crippen LogP contribution in [0.15, 0.2) is 18.2 Å². The van der Waals surface area contributed by atoms with Crippen molar-refractivity contribution in [2.45, 2.75) is 53.1 Å². The molecule has 2 atom stereocenters. The van der Waals surface area contributed by atoms with Crippen molar-refractivity contribution in [2.24, 2.45) is 5.92 Å². The van der Waals surface area contributed by atoms with Gasteiger partial charge in [0.05, 0.1) is 13.7 Å². The van der Waals surface area contributed by atoms with E-state index in [1.807, 2.05) is 19.1 Å². The summed E-state index contributed by atoms with van der Waals surface area (Å²) in [5.41, 5.74) is 1.22. The van der Waals surface area contributed by atoms with Crippen LogP contribution in [-0.2, 0) is 6.54 Å². The van der Waals surface area contributed by atoms with Gasteiger partial charge < -0.3 is 14.8 Å². The Balaban J connectivity index is 2.55. The molecule has 0 saturated heterocycles. The summed E-state index contributed by atoms with van der Waals surface area (Å²) in [6, 6.07) is 6.66. The minimum absolute atomic E-state index is 0.530. The monoisotopic (exact) mass is 279 g/mol. The highest BCUT2D eigenvalue weighted by Crippen LogP contribution is 2.28. The first-order chi connectivity index (χ1) is 9.60. The van der Waals surface area contributed by atoms with E-state index in [2.05, 4.69) is 32.2 Å². The highest BCUT2D eigenvalue weighted by atomic mass is 16.5. The topological polar surface area (TPSA) is 30.5 Å². The molecule has 114 valence electrons. The van der Waals surface area contributed by atoms with E-state index >= 15 is 0 Å². The first-order valence-electron chi connectivity index (χ1n) is 7.63. The van der Waals surface area contributed by atoms with Gasteiger partial charge in [-0.05, 0) is 43.9 Å². The number of ether oxygens (including phenoxy) is 2. The predicted molar refractivity (Wildman–Crippen MR) is 84.5 cm³/mol. The zero-order chi connectivity index (χ0) is 15.0. The molecule has 0 aliphatic rings. The lowest BCUT2D eigenvalue weighted by Crippen LogP contribution is -2.27. The van der Waals surface area contributed by atoms with Crippen LogP contribution in [0.1, 0.15) is 46.1 Å². The summed E-state index contributed by atoms with van der Waals surface area (Å²) in [6.45, 7) is 10.3. The minimum Gasteiger partial charge on any atom is -0.493 e. The maximum Gasteiger partial charge on any atom is 0.161 e. The first-order valence-corrected chi connectivity index (χ1v) is 7.63. The van der Waals surface area contributed by atoms with Crippen molar-refractivity contribution in [3.8, 4) is 11.5 Å². The van der Waals surface area contributed by atoms with E-state index in [1.165, 1.54) is 18.4 Å². The number of rotatable bonds is 9. The van der Waals surface area contributed by atoms with E-state index in [0.29, 0.717) is 12.6 Å². The number of nitrogens with one attached hydrogen (secondary N) is 1. The van der Waals surface area contributed by atoms with Gasteiger partial charge in [-0.15, -0.1) is 0 Å². The molecule has 1 rings (SSSR count). The molecule has 2 unspecified atom stereocenters. The second-order valence-corrected chi connectivity index (χ2v) is 5.45. The molecular formula is C17H29NO2. The SMILES string of the molecule is CCOc1ccc(CNC(C)CC(C)CC)cc1OC. The van der Waals surface area contributed by atoms with Gasteiger partial charge in [0.1, 0.15) is 0 Å². The van der Waals surface area contributed by atoms with E-state index in [0.717, 1.165) is 24.0 Å². The van der Waals surface area contributed by atoms with Crippen molar-refractivity contribution in [1.29, 1.82) is 0 Å². The Kier molecular flexibility index (Phi) is 7.45. The maximum absolute atomic E-state index is 5.53. The molecule has 0 saturated carbocycles. The highest BCUT2D eigenvalue weighted by Gasteiger charge is 2.08. The zero-order valence-electron chi connectivity index (χ0n) is 13.5. The largest absolute Gasteiger partial charge is 0.493 e. The third kappa shape index (κ3) is 5.41. The van der Waals surface area contributed by atoms with E-state index in [4.69, 9.17) is 9.47 Å². The lowest BCUT2D eigenvalue weighted by atomic mass is 10.0. The molecule has 3 heteroatoms. The summed E-state index contributed by atoms with van der Waals surface area (Å²) in [5, 5.41) is 3.57. The fourth-order valence-corrected chi connectivity index (χ4v) is 2.24. The lowest BCUT2D eigenvalue weighted by Gasteiger charge is -2.18. The summed E-state index contributed by atoms with van der Waals surface area (Å²) < 4.78 is 10.9. The molecule has 0 fully saturated rings. The molecule has 3 nitrogen and oxygen atoms in total. The minimum atomic E-state index is 0.530. The van der Waals surface area contributed by atoms with Crippen LogP contribution >= 0.6 is 0 Å². The first kappa shape index (κ1) is 16.8. The van der Waals surface area contributed by atoms with Crippen molar-refractivity contribution in [3.05, 3.63) is 23.8 Å². The van der Waals surface area contributed by atoms with Gasteiger partial charge in [0.25, 0.3) is 0 Å². The molecule has 0 aliphatic heterocycles. The van der Waals surface area contributed by atoms with Gasteiger partial charge >= 0.3 is 0 Å². The Bertz CT molecular complexity index is 393. The van der Waals surface area contributed by atoms with Gasteiger partial charge in [0, 0.05) is 12.6 Å². The van der Waals surface area contributed by atoms with E-state index in [9.17, 15) is 0 Å². The standard InChI is InChI=1S/C17H29NO2/c1-6-13(3)10-14(4)18-12-15-8-9-16(20-7-2)17(11-15)19-5/h8-9,11,13-14,18H,6-7,10,12H2,1-5H3. The van der Waals surface area contributed by atoms with Crippen LogP contribution in [0.2, 0.25) is 0 Å². The quantitative estimate of drug-likeness (QED) is 0.741. The zero-order valence-corrected chi connectivity index (χ0v) is 13.5. The van der Waals surface area contributed by atoms with Crippen LogP contribution in [0.4, 0.5) is 0 Å². The molecular weight excluding hydrogens is 250 g/mol. The van der Waals surface area contributed by atoms with E-state index in [-0.39, 0.29) is 0 Å². The molecule has 0 heterocycles. The summed E-state index contributed by atoms with van der Waals surface area (Å²) in [7, 11) is 1.68. The van der Waals surface area contributed by atoms with Gasteiger partial charge in [-0.25, -0.2) is 0 Å². The lowest BCUT2D eigenvalue weighted by molar-refractivity contribution is 0.310. The van der Waals surface area contributed by atoms with Gasteiger partial charge in [-0.1, -0.05) is 26.3 Å². The maximum atomic E-state index is 5.53. The van der Waals surface area contributed by atoms with Crippen LogP contribution in [0, 0.1) is 5.92 Å². The Labute approximate surface area is 123 Å². The summed E-state index contributed by atoms with van der Waals surface area (Å²) in [6.07, 6.45) is 2.45. The molecule has 0 bridgehead atoms. The van der Waals surface area contributed by atoms with Gasteiger partial charge in [0.2, 0.25) is 0 Å². The highest BCUT2D eigenvalue weighted by molar-refractivity contribution is 5.42. The second-order valence-electron chi connectivity index (χ2n) is 5.45. The smallest absolute Gasteiger partial charge is 0.161 e. The Morgan fingerprint density at radius 2 is 1.90 bits per heavy atom. The third-order valence-electron chi connectivity index (χ3n) is 3.64. The van der Waals surface area contributed by atoms with Gasteiger partial charge in [0.15, 0.2) is 11.5 Å². The van der Waals surface area contributed by atoms with E-state index < -0.39 is 0 Å². The fourth-order valence-electron chi connectivity index (χ4n) is 2.24. The van der Waals surface area contributed by atoms with Gasteiger partial charge in [-0.3, -0.25) is 0 Å². The van der Waals surface area contributed by atoms with Crippen molar-refractivity contribution < 1.29 is 9.47 Å². The van der Waals surface area contributed by atoms with Crippen molar-refractivity contribution in [3.63, 3.8) is 0 Å². The average molecular weight is 279 g/mol. The summed E-state index contributed by atoms with van der Waals surface area (Å²) in [4.78, 5) is 0. The van der Waals surface area contributed by atoms with Crippen LogP contribution < -0.4 is 14.8 Å². The molecule has 0 amide bonds. The van der Waals surface area contributed by atoms with Gasteiger partial charge in [-0.2, -0.15) is 0 Å². The Morgan fingerprint density at radius 1 is 1.15 bits per heavy atom. The number of benzene rings is 1. The van der Waals surface area contributed by atoms with Crippen LogP contribution in [0.5, 0.6) is 11.5 Å². The van der Waals surface area contributed by atoms with E-state index in [1.54, 1.807) is 7.11 Å². The molecule has 20 heavy (non-hydrogen) atoms. The third-order valence-corrected chi connectivity index (χ3v) is 3.64. The normalized spacial score (nSPS) is 13.8. The summed E-state index contributed by atoms with van der Waals surface area (Å²) in [5.74, 6) is 2.39. The molecule has 0 spiro atoms. The average Bonchev–Trinajstić information content (AvgIpc) is 2.46. The Hall–Kier alpha value is -1.22. The van der Waals surface area contributed by atoms with Crippen molar-refractivity contribution >= 4 is 0 Å². The fraction of sp³-hybridized carbons (Fsp3) is 0.647. The van der Waals surface area contributed by atoms with Crippen LogP contribution in [0.25, 0.3) is 0 Å². The number of methoxy groups -OCH3 is 1. The number of hydrogen-bond donors (Lipinski definition) is 1. The van der Waals surface area contributed by atoms with Crippen LogP contribution in [-0.4, -0.2) is 19.8 Å². The molecule has 1 N–H and O–H groups in total. The van der Waals surface area contributed by atoms with Crippen LogP contribution in [0.3, 0.4) is 0 Å². The second kappa shape index (κ2) is 8.85. The summed E-state index contributed by atoms with van der Waals surface area (Å²) >= 11 is 0. The van der Waals surface area contributed by atoms with Crippen molar-refractivity contribution in [2.75, 3.05) is 13.7 Å². The van der Waals surface area contributed by atoms with Crippen molar-refractivity contribution in [1.82, 2.24) is 5.32 Å². The molecule has 0 aliphatic carbocycles. The Morgan fingerprint density at radius 3 is 2.50 bits per heavy atom. The molecule has 1 aromatic carbocycles. The molecule has 0 aromatic heterocycles. The molecule has 0 radical (unpaired) electrons. The predicted octanol–water partition coefficient (Wildman–Crippen LogP) is 4.01.